The van der Waals surface area contributed by atoms with Gasteiger partial charge in [0.1, 0.15) is 11.4 Å². The first-order valence-electron chi connectivity index (χ1n) is 6.02. The van der Waals surface area contributed by atoms with Gasteiger partial charge in [0.2, 0.25) is 0 Å². The number of methoxy groups -OCH3 is 1. The molecule has 100 valence electrons. The standard InChI is InChI=1S/C15H12N2O3/c1-20-12-4-2-10(3-5-12)13-9-17-7-6-11(15(18)19)8-14(17)16-13/h2-9H,1H3,(H,18,19)/p-1. The number of nitrogens with zero attached hydrogens (tertiary/aromatic N) is 2. The van der Waals surface area contributed by atoms with Crippen LogP contribution in [0.4, 0.5) is 0 Å². The van der Waals surface area contributed by atoms with E-state index in [4.69, 9.17) is 4.74 Å². The van der Waals surface area contributed by atoms with E-state index in [1.165, 1.54) is 12.1 Å². The van der Waals surface area contributed by atoms with Crippen molar-refractivity contribution in [3.05, 3.63) is 54.4 Å². The summed E-state index contributed by atoms with van der Waals surface area (Å²) in [5, 5.41) is 10.8. The number of benzene rings is 1. The first-order valence-corrected chi connectivity index (χ1v) is 6.02. The SMILES string of the molecule is COc1ccc(-c2cn3ccc(C(=O)[O-])cc3n2)cc1. The summed E-state index contributed by atoms with van der Waals surface area (Å²) in [5.74, 6) is -0.432. The second kappa shape index (κ2) is 4.70. The van der Waals surface area contributed by atoms with Crippen molar-refractivity contribution in [2.75, 3.05) is 7.11 Å². The summed E-state index contributed by atoms with van der Waals surface area (Å²) >= 11 is 0. The Labute approximate surface area is 115 Å². The minimum Gasteiger partial charge on any atom is -0.545 e. The van der Waals surface area contributed by atoms with E-state index in [9.17, 15) is 9.90 Å². The normalized spacial score (nSPS) is 10.7. The molecule has 0 aliphatic heterocycles. The molecule has 5 heteroatoms. The maximum Gasteiger partial charge on any atom is 0.138 e. The first kappa shape index (κ1) is 12.2. The number of imidazole rings is 1. The van der Waals surface area contributed by atoms with Gasteiger partial charge >= 0.3 is 0 Å². The van der Waals surface area contributed by atoms with Gasteiger partial charge in [-0.3, -0.25) is 0 Å². The summed E-state index contributed by atoms with van der Waals surface area (Å²) < 4.78 is 6.88. The topological polar surface area (TPSA) is 66.7 Å². The van der Waals surface area contributed by atoms with Crippen molar-refractivity contribution in [1.82, 2.24) is 9.38 Å². The molecule has 2 aromatic heterocycles. The van der Waals surface area contributed by atoms with Crippen LogP contribution < -0.4 is 9.84 Å². The van der Waals surface area contributed by atoms with Gasteiger partial charge in [0.15, 0.2) is 0 Å². The van der Waals surface area contributed by atoms with Gasteiger partial charge in [-0.25, -0.2) is 4.98 Å². The highest BCUT2D eigenvalue weighted by molar-refractivity contribution is 5.87. The minimum atomic E-state index is -1.21. The molecule has 0 amide bonds. The number of ether oxygens (including phenoxy) is 1. The molecule has 0 fully saturated rings. The van der Waals surface area contributed by atoms with Crippen molar-refractivity contribution in [3.8, 4) is 17.0 Å². The largest absolute Gasteiger partial charge is 0.545 e. The zero-order chi connectivity index (χ0) is 14.1. The van der Waals surface area contributed by atoms with Crippen molar-refractivity contribution in [2.45, 2.75) is 0 Å². The smallest absolute Gasteiger partial charge is 0.138 e. The van der Waals surface area contributed by atoms with Crippen LogP contribution in [0.5, 0.6) is 5.75 Å². The highest BCUT2D eigenvalue weighted by Crippen LogP contribution is 2.22. The fourth-order valence-corrected chi connectivity index (χ4v) is 2.01. The van der Waals surface area contributed by atoms with E-state index in [1.54, 1.807) is 17.7 Å². The Morgan fingerprint density at radius 1 is 1.25 bits per heavy atom. The zero-order valence-corrected chi connectivity index (χ0v) is 10.7. The van der Waals surface area contributed by atoms with Gasteiger partial charge in [-0.05, 0) is 36.4 Å². The van der Waals surface area contributed by atoms with Crippen LogP contribution in [0, 0.1) is 0 Å². The van der Waals surface area contributed by atoms with E-state index in [1.807, 2.05) is 30.5 Å². The quantitative estimate of drug-likeness (QED) is 0.719. The van der Waals surface area contributed by atoms with E-state index in [0.717, 1.165) is 17.0 Å². The number of carbonyl (C=O) groups is 1. The Morgan fingerprint density at radius 2 is 2.00 bits per heavy atom. The van der Waals surface area contributed by atoms with E-state index < -0.39 is 5.97 Å². The number of fused-ring (bicyclic) bond motifs is 1. The second-order valence-electron chi connectivity index (χ2n) is 4.32. The number of carboxylic acids is 1. The number of carbonyl (C=O) groups excluding carboxylic acids is 1. The van der Waals surface area contributed by atoms with Gasteiger partial charge in [-0.2, -0.15) is 0 Å². The molecule has 2 heterocycles. The Morgan fingerprint density at radius 3 is 2.65 bits per heavy atom. The monoisotopic (exact) mass is 267 g/mol. The van der Waals surface area contributed by atoms with Crippen molar-refractivity contribution in [2.24, 2.45) is 0 Å². The molecule has 0 atom stereocenters. The van der Waals surface area contributed by atoms with Crippen LogP contribution in [0.2, 0.25) is 0 Å². The van der Waals surface area contributed by atoms with E-state index in [-0.39, 0.29) is 5.56 Å². The van der Waals surface area contributed by atoms with E-state index >= 15 is 0 Å². The number of hydrogen-bond acceptors (Lipinski definition) is 4. The fourth-order valence-electron chi connectivity index (χ4n) is 2.01. The molecule has 0 aliphatic rings. The Balaban J connectivity index is 2.05. The molecule has 1 aromatic carbocycles. The molecule has 0 saturated heterocycles. The summed E-state index contributed by atoms with van der Waals surface area (Å²) in [6.07, 6.45) is 3.50. The van der Waals surface area contributed by atoms with Crippen LogP contribution in [0.1, 0.15) is 10.4 Å². The lowest BCUT2D eigenvalue weighted by Gasteiger charge is -2.01. The summed E-state index contributed by atoms with van der Waals surface area (Å²) in [6.45, 7) is 0. The van der Waals surface area contributed by atoms with Crippen LogP contribution >= 0.6 is 0 Å². The molecule has 0 aliphatic carbocycles. The summed E-state index contributed by atoms with van der Waals surface area (Å²) in [5.41, 5.74) is 2.38. The number of aromatic nitrogens is 2. The maximum atomic E-state index is 10.8. The summed E-state index contributed by atoms with van der Waals surface area (Å²) in [6, 6.07) is 10.5. The molecule has 20 heavy (non-hydrogen) atoms. The van der Waals surface area contributed by atoms with Crippen LogP contribution in [0.15, 0.2) is 48.8 Å². The lowest BCUT2D eigenvalue weighted by molar-refractivity contribution is -0.255. The zero-order valence-electron chi connectivity index (χ0n) is 10.7. The predicted molar refractivity (Wildman–Crippen MR) is 71.5 cm³/mol. The van der Waals surface area contributed by atoms with Crippen molar-refractivity contribution in [3.63, 3.8) is 0 Å². The molecule has 0 saturated carbocycles. The third kappa shape index (κ3) is 2.09. The van der Waals surface area contributed by atoms with E-state index in [0.29, 0.717) is 5.65 Å². The highest BCUT2D eigenvalue weighted by atomic mass is 16.5. The average Bonchev–Trinajstić information content (AvgIpc) is 2.90. The van der Waals surface area contributed by atoms with Crippen LogP contribution in [-0.4, -0.2) is 22.5 Å². The van der Waals surface area contributed by atoms with Crippen LogP contribution in [-0.2, 0) is 0 Å². The summed E-state index contributed by atoms with van der Waals surface area (Å²) in [4.78, 5) is 15.2. The number of hydrogen-bond donors (Lipinski definition) is 0. The Kier molecular flexibility index (Phi) is 2.87. The van der Waals surface area contributed by atoms with Gasteiger partial charge in [-0.15, -0.1) is 0 Å². The lowest BCUT2D eigenvalue weighted by Crippen LogP contribution is -2.22. The molecular formula is C15H11N2O3-. The average molecular weight is 267 g/mol. The molecule has 5 nitrogen and oxygen atoms in total. The number of pyridine rings is 1. The van der Waals surface area contributed by atoms with Gasteiger partial charge in [-0.1, -0.05) is 0 Å². The lowest BCUT2D eigenvalue weighted by atomic mass is 10.2. The molecule has 0 spiro atoms. The van der Waals surface area contributed by atoms with Gasteiger partial charge in [0, 0.05) is 23.5 Å². The molecule has 0 unspecified atom stereocenters. The Bertz CT molecular complexity index is 775. The molecule has 0 bridgehead atoms. The predicted octanol–water partition coefficient (Wildman–Crippen LogP) is 1.37. The van der Waals surface area contributed by atoms with Gasteiger partial charge in [0.05, 0.1) is 18.8 Å². The number of carboxylic acid groups (broad SMARTS) is 1. The third-order valence-corrected chi connectivity index (χ3v) is 3.08. The third-order valence-electron chi connectivity index (χ3n) is 3.08. The number of aromatic carboxylic acids is 1. The fraction of sp³-hybridized carbons (Fsp3) is 0.0667. The number of rotatable bonds is 3. The molecule has 0 N–H and O–H groups in total. The molecule has 0 radical (unpaired) electrons. The van der Waals surface area contributed by atoms with Crippen LogP contribution in [0.25, 0.3) is 16.9 Å². The highest BCUT2D eigenvalue weighted by Gasteiger charge is 2.05. The van der Waals surface area contributed by atoms with Crippen LogP contribution in [0.3, 0.4) is 0 Å². The minimum absolute atomic E-state index is 0.115. The molecule has 3 rings (SSSR count). The van der Waals surface area contributed by atoms with E-state index in [2.05, 4.69) is 4.98 Å². The van der Waals surface area contributed by atoms with Crippen molar-refractivity contribution >= 4 is 11.6 Å². The molecule has 3 aromatic rings. The second-order valence-corrected chi connectivity index (χ2v) is 4.32. The van der Waals surface area contributed by atoms with Gasteiger partial charge < -0.3 is 19.0 Å². The molecular weight excluding hydrogens is 256 g/mol. The van der Waals surface area contributed by atoms with Crippen molar-refractivity contribution < 1.29 is 14.6 Å². The van der Waals surface area contributed by atoms with Crippen molar-refractivity contribution in [1.29, 1.82) is 0 Å². The maximum absolute atomic E-state index is 10.8. The summed E-state index contributed by atoms with van der Waals surface area (Å²) in [7, 11) is 1.61. The first-order chi connectivity index (χ1) is 9.67. The van der Waals surface area contributed by atoms with Gasteiger partial charge in [0.25, 0.3) is 0 Å². The Hall–Kier alpha value is -2.82.